The number of Topliss-reactive ketones (excluding diaryl/α,β-unsaturated/α-hetero) is 1. The molecule has 292 valence electrons. The number of piperidine rings is 1. The number of rotatable bonds is 9. The van der Waals surface area contributed by atoms with Crippen molar-refractivity contribution < 1.29 is 24.2 Å². The van der Waals surface area contributed by atoms with Gasteiger partial charge < -0.3 is 20.5 Å². The monoisotopic (exact) mass is 721 g/mol. The summed E-state index contributed by atoms with van der Waals surface area (Å²) in [6.07, 6.45) is 13.6. The molecular formula is C45H72N2O5. The Bertz CT molecular complexity index is 1480. The molecule has 5 saturated carbocycles. The van der Waals surface area contributed by atoms with E-state index in [-0.39, 0.29) is 51.0 Å². The minimum Gasteiger partial charge on any atom is -0.481 e. The molecule has 1 saturated heterocycles. The van der Waals surface area contributed by atoms with Crippen LogP contribution >= 0.6 is 0 Å². The number of ether oxygens (including phenoxy) is 1. The molecule has 0 aromatic carbocycles. The minimum absolute atomic E-state index is 0.0235. The van der Waals surface area contributed by atoms with Gasteiger partial charge in [0.25, 0.3) is 0 Å². The normalized spacial score (nSPS) is 43.9. The molecule has 1 heterocycles. The van der Waals surface area contributed by atoms with Crippen LogP contribution in [0, 0.1) is 73.9 Å². The van der Waals surface area contributed by atoms with Gasteiger partial charge in [0.2, 0.25) is 0 Å². The number of ketones is 1. The third kappa shape index (κ3) is 5.64. The van der Waals surface area contributed by atoms with Crippen LogP contribution in [0.1, 0.15) is 146 Å². The van der Waals surface area contributed by atoms with Crippen molar-refractivity contribution >= 4 is 17.7 Å². The van der Waals surface area contributed by atoms with E-state index in [1.807, 2.05) is 13.8 Å². The molecule has 7 nitrogen and oxygen atoms in total. The number of allylic oxidation sites excluding steroid dienone is 2. The van der Waals surface area contributed by atoms with E-state index in [0.717, 1.165) is 70.6 Å². The van der Waals surface area contributed by atoms with Gasteiger partial charge in [0.15, 0.2) is 5.78 Å². The van der Waals surface area contributed by atoms with Gasteiger partial charge >= 0.3 is 11.9 Å². The van der Waals surface area contributed by atoms with E-state index < -0.39 is 17.3 Å². The maximum atomic E-state index is 14.0. The molecule has 6 fully saturated rings. The van der Waals surface area contributed by atoms with E-state index in [0.29, 0.717) is 30.0 Å². The summed E-state index contributed by atoms with van der Waals surface area (Å²) in [4.78, 5) is 39.4. The lowest BCUT2D eigenvalue weighted by Gasteiger charge is -2.72. The second-order valence-electron chi connectivity index (χ2n) is 21.4. The summed E-state index contributed by atoms with van der Waals surface area (Å²) >= 11 is 0. The summed E-state index contributed by atoms with van der Waals surface area (Å²) < 4.78 is 6.43. The first-order valence-electron chi connectivity index (χ1n) is 21.5. The second-order valence-corrected chi connectivity index (χ2v) is 21.4. The number of carbonyl (C=O) groups is 3. The number of nitrogens with one attached hydrogen (secondary N) is 2. The van der Waals surface area contributed by atoms with Crippen LogP contribution in [-0.2, 0) is 19.1 Å². The average molecular weight is 721 g/mol. The number of esters is 1. The minimum atomic E-state index is -0.809. The Hall–Kier alpha value is -1.73. The van der Waals surface area contributed by atoms with Gasteiger partial charge in [0.1, 0.15) is 6.10 Å². The number of carbonyl (C=O) groups excluding carboxylic acids is 2. The molecule has 7 heteroatoms. The Kier molecular flexibility index (Phi) is 9.78. The van der Waals surface area contributed by atoms with Crippen LogP contribution in [0.15, 0.2) is 11.1 Å². The van der Waals surface area contributed by atoms with Crippen molar-refractivity contribution in [3.63, 3.8) is 0 Å². The van der Waals surface area contributed by atoms with Crippen molar-refractivity contribution in [1.82, 2.24) is 10.6 Å². The van der Waals surface area contributed by atoms with Crippen LogP contribution in [0.5, 0.6) is 0 Å². The van der Waals surface area contributed by atoms with Gasteiger partial charge in [-0.05, 0) is 160 Å². The van der Waals surface area contributed by atoms with Gasteiger partial charge in [-0.3, -0.25) is 14.4 Å². The van der Waals surface area contributed by atoms with Crippen LogP contribution in [-0.4, -0.2) is 55.1 Å². The highest BCUT2D eigenvalue weighted by Gasteiger charge is 2.70. The first-order valence-corrected chi connectivity index (χ1v) is 21.5. The smallest absolute Gasteiger partial charge is 0.309 e. The predicted octanol–water partition coefficient (Wildman–Crippen LogP) is 8.61. The molecular weight excluding hydrogens is 649 g/mol. The van der Waals surface area contributed by atoms with E-state index in [4.69, 9.17) is 4.74 Å². The van der Waals surface area contributed by atoms with E-state index in [1.54, 1.807) is 5.57 Å². The summed E-state index contributed by atoms with van der Waals surface area (Å²) in [5, 5.41) is 17.0. The van der Waals surface area contributed by atoms with Crippen LogP contribution < -0.4 is 10.6 Å². The highest BCUT2D eigenvalue weighted by molar-refractivity contribution is 6.00. The third-order valence-corrected chi connectivity index (χ3v) is 18.3. The molecule has 0 amide bonds. The Morgan fingerprint density at radius 2 is 1.56 bits per heavy atom. The van der Waals surface area contributed by atoms with Gasteiger partial charge in [-0.2, -0.15) is 0 Å². The molecule has 0 aromatic rings. The SMILES string of the molecule is CC(C)C1=C2[C@H]3CC[C@@H]4[C@@]5(C)CC[C@H](OC(=O)[C@H]6C[C@@H](C(=O)O)C6(C)C)C(C)(C)[C@@H]5CC[C@@]4(C)[C@]3(C)CC[C@@]2(CCNCC2CCNCC2)CC1=O. The highest BCUT2D eigenvalue weighted by atomic mass is 16.5. The number of carboxylic acids is 1. The Morgan fingerprint density at radius 1 is 0.846 bits per heavy atom. The van der Waals surface area contributed by atoms with Crippen molar-refractivity contribution in [2.24, 2.45) is 73.9 Å². The number of hydrogen-bond donors (Lipinski definition) is 3. The Balaban J connectivity index is 1.10. The van der Waals surface area contributed by atoms with E-state index in [1.165, 1.54) is 44.1 Å². The van der Waals surface area contributed by atoms with Crippen molar-refractivity contribution in [3.05, 3.63) is 11.1 Å². The molecule has 1 aliphatic heterocycles. The van der Waals surface area contributed by atoms with Gasteiger partial charge in [0.05, 0.1) is 11.8 Å². The standard InChI is InChI=1S/C45H72N2O5/c1-27(2)36-32(48)25-45(20-23-47-26-28-14-21-46-22-15-28)19-18-43(8)29(37(36)45)10-11-34-42(7)16-13-35(41(5,6)33(42)12-17-44(34,43)9)52-39(51)31-24-30(38(49)50)40(31,3)4/h27-31,33-35,46-47H,10-26H2,1-9H3,(H,49,50)/t29-,30+,31-,33+,34-,35+,42+,43-,44-,45-/m1/s1. The second kappa shape index (κ2) is 13.2. The van der Waals surface area contributed by atoms with Crippen LogP contribution in [0.3, 0.4) is 0 Å². The van der Waals surface area contributed by atoms with E-state index in [9.17, 15) is 19.5 Å². The topological polar surface area (TPSA) is 105 Å². The molecule has 7 aliphatic rings. The zero-order chi connectivity index (χ0) is 37.6. The molecule has 7 rings (SSSR count). The quantitative estimate of drug-likeness (QED) is 0.162. The fourth-order valence-corrected chi connectivity index (χ4v) is 14.9. The van der Waals surface area contributed by atoms with Crippen molar-refractivity contribution in [2.75, 3.05) is 26.2 Å². The number of hydrogen-bond acceptors (Lipinski definition) is 6. The number of carboxylic acid groups (broad SMARTS) is 1. The maximum Gasteiger partial charge on any atom is 0.309 e. The summed E-state index contributed by atoms with van der Waals surface area (Å²) in [6.45, 7) is 25.3. The molecule has 0 aromatic heterocycles. The van der Waals surface area contributed by atoms with Gasteiger partial charge in [-0.1, -0.05) is 67.9 Å². The molecule has 6 aliphatic carbocycles. The zero-order valence-corrected chi connectivity index (χ0v) is 34.2. The van der Waals surface area contributed by atoms with Crippen molar-refractivity contribution in [1.29, 1.82) is 0 Å². The molecule has 3 N–H and O–H groups in total. The van der Waals surface area contributed by atoms with Crippen molar-refractivity contribution in [2.45, 2.75) is 152 Å². The van der Waals surface area contributed by atoms with Gasteiger partial charge in [-0.15, -0.1) is 0 Å². The number of aliphatic carboxylic acids is 1. The predicted molar refractivity (Wildman–Crippen MR) is 205 cm³/mol. The summed E-state index contributed by atoms with van der Waals surface area (Å²) in [6, 6.07) is 0. The maximum absolute atomic E-state index is 14.0. The fourth-order valence-electron chi connectivity index (χ4n) is 14.9. The summed E-state index contributed by atoms with van der Waals surface area (Å²) in [5.74, 6) is 1.17. The Labute approximate surface area is 315 Å². The molecule has 0 spiro atoms. The lowest BCUT2D eigenvalue weighted by atomic mass is 9.33. The fraction of sp³-hybridized carbons (Fsp3) is 0.889. The van der Waals surface area contributed by atoms with Crippen LogP contribution in [0.4, 0.5) is 0 Å². The molecule has 52 heavy (non-hydrogen) atoms. The van der Waals surface area contributed by atoms with Gasteiger partial charge in [0, 0.05) is 17.3 Å². The number of fused-ring (bicyclic) bond motifs is 7. The van der Waals surface area contributed by atoms with Crippen LogP contribution in [0.2, 0.25) is 0 Å². The largest absolute Gasteiger partial charge is 0.481 e. The molecule has 0 bridgehead atoms. The highest BCUT2D eigenvalue weighted by Crippen LogP contribution is 2.77. The molecule has 0 unspecified atom stereocenters. The first kappa shape index (κ1) is 38.5. The zero-order valence-electron chi connectivity index (χ0n) is 34.2. The summed E-state index contributed by atoms with van der Waals surface area (Å²) in [7, 11) is 0. The third-order valence-electron chi connectivity index (χ3n) is 18.3. The molecule has 10 atom stereocenters. The lowest BCUT2D eigenvalue weighted by Crippen LogP contribution is -2.66. The van der Waals surface area contributed by atoms with E-state index >= 15 is 0 Å². The first-order chi connectivity index (χ1) is 24.3. The summed E-state index contributed by atoms with van der Waals surface area (Å²) in [5.41, 5.74) is 2.58. The van der Waals surface area contributed by atoms with Crippen LogP contribution in [0.25, 0.3) is 0 Å². The lowest BCUT2D eigenvalue weighted by molar-refractivity contribution is -0.236. The van der Waals surface area contributed by atoms with E-state index in [2.05, 4.69) is 59.1 Å². The van der Waals surface area contributed by atoms with Crippen molar-refractivity contribution in [3.8, 4) is 0 Å². The average Bonchev–Trinajstić information content (AvgIpc) is 3.37. The van der Waals surface area contributed by atoms with Gasteiger partial charge in [-0.25, -0.2) is 0 Å². The molecule has 0 radical (unpaired) electrons. The Morgan fingerprint density at radius 3 is 2.21 bits per heavy atom.